The molecule has 8 rings (SSSR count). The number of ketones is 2. The summed E-state index contributed by atoms with van der Waals surface area (Å²) in [4.78, 5) is 51.3. The average molecular weight is 929 g/mol. The van der Waals surface area contributed by atoms with Crippen LogP contribution in [0.1, 0.15) is 74.8 Å². The van der Waals surface area contributed by atoms with Crippen LogP contribution in [0.4, 0.5) is 0 Å². The number of nitrogens with two attached hydrogens (primary N) is 2. The van der Waals surface area contributed by atoms with Crippen LogP contribution in [0.2, 0.25) is 0 Å². The fraction of sp³-hybridized carbons (Fsp3) is 0.214. The molecule has 0 fully saturated rings. The van der Waals surface area contributed by atoms with E-state index in [0.717, 1.165) is 49.9 Å². The van der Waals surface area contributed by atoms with Gasteiger partial charge in [-0.25, -0.2) is 0 Å². The number of benzene rings is 6. The Balaban J connectivity index is 0.957. The lowest BCUT2D eigenvalue weighted by molar-refractivity contribution is -0.154. The first kappa shape index (κ1) is 47.6. The highest BCUT2D eigenvalue weighted by Gasteiger charge is 2.27. The highest BCUT2D eigenvalue weighted by atomic mass is 16.6. The first-order valence-corrected chi connectivity index (χ1v) is 22.5. The van der Waals surface area contributed by atoms with Gasteiger partial charge in [0.2, 0.25) is 5.78 Å². The summed E-state index contributed by atoms with van der Waals surface area (Å²) < 4.78 is 36.4. The molecule has 2 aromatic heterocycles. The minimum absolute atomic E-state index is 0.0974. The fourth-order valence-corrected chi connectivity index (χ4v) is 8.34. The number of carboxylic acids is 1. The van der Waals surface area contributed by atoms with Gasteiger partial charge in [0.15, 0.2) is 17.3 Å². The van der Waals surface area contributed by atoms with Gasteiger partial charge in [0.1, 0.15) is 48.1 Å². The summed E-state index contributed by atoms with van der Waals surface area (Å²) in [6.45, 7) is 4.10. The molecule has 0 aliphatic carbocycles. The monoisotopic (exact) mass is 928 g/mol. The molecule has 69 heavy (non-hydrogen) atoms. The smallest absolute Gasteiger partial charge is 0.310 e. The number of hydrogen-bond acceptors (Lipinski definition) is 12. The molecule has 0 spiro atoms. The number of carboxylic acid groups (broad SMARTS) is 1. The molecule has 0 radical (unpaired) electrons. The number of carbonyl (C=O) groups is 4. The number of aliphatic carboxylic acids is 1. The Morgan fingerprint density at radius 1 is 0.609 bits per heavy atom. The van der Waals surface area contributed by atoms with Gasteiger partial charge in [-0.1, -0.05) is 72.8 Å². The van der Waals surface area contributed by atoms with Gasteiger partial charge < -0.3 is 44.4 Å². The number of rotatable bonds is 21. The largest absolute Gasteiger partial charge is 0.489 e. The number of carbonyl (C=O) groups excluding carboxylic acids is 3. The van der Waals surface area contributed by atoms with Crippen molar-refractivity contribution < 1.29 is 52.1 Å². The minimum Gasteiger partial charge on any atom is -0.489 e. The van der Waals surface area contributed by atoms with Gasteiger partial charge in [-0.05, 0) is 101 Å². The van der Waals surface area contributed by atoms with Crippen molar-refractivity contribution in [2.45, 2.75) is 71.6 Å². The molecule has 8 aromatic rings. The van der Waals surface area contributed by atoms with Crippen LogP contribution >= 0.6 is 0 Å². The second-order valence-electron chi connectivity index (χ2n) is 16.8. The Morgan fingerprint density at radius 3 is 1.62 bits per heavy atom. The van der Waals surface area contributed by atoms with E-state index in [2.05, 4.69) is 0 Å². The van der Waals surface area contributed by atoms with Crippen LogP contribution in [0.15, 0.2) is 142 Å². The van der Waals surface area contributed by atoms with Crippen molar-refractivity contribution in [2.75, 3.05) is 7.11 Å². The third-order valence-corrected chi connectivity index (χ3v) is 11.9. The second kappa shape index (κ2) is 21.4. The van der Waals surface area contributed by atoms with Crippen molar-refractivity contribution in [3.05, 3.63) is 178 Å². The highest BCUT2D eigenvalue weighted by molar-refractivity contribution is 6.02. The van der Waals surface area contributed by atoms with Gasteiger partial charge in [0.25, 0.3) is 0 Å². The van der Waals surface area contributed by atoms with E-state index in [1.54, 1.807) is 55.5 Å². The Bertz CT molecular complexity index is 3180. The molecule has 2 unspecified atom stereocenters. The lowest BCUT2D eigenvalue weighted by atomic mass is 9.98. The standard InChI is InChI=1S/C56H52N2O11/c1-33(59)50-24-43-20-37(22-45(55(43)68-50)39-14-8-10-35(18-39)29-57)32-66-49-17-7-5-13-42(49)27-54(63)67-34(2)51(64-3)28-47(60)52-25-44-21-38(31-65-48-16-6-4-12-41(48)26-53(61)62)23-46(56(44)69-52)40-15-9-11-36(19-40)30-58/h4-25,34,51H,26-32,57-58H2,1-3H3,(H,61,62). The van der Waals surface area contributed by atoms with E-state index in [1.165, 1.54) is 14.0 Å². The molecule has 0 amide bonds. The molecule has 0 aliphatic rings. The Labute approximate surface area is 398 Å². The molecule has 2 heterocycles. The number of hydrogen-bond donors (Lipinski definition) is 3. The summed E-state index contributed by atoms with van der Waals surface area (Å²) in [6, 6.07) is 40.8. The number of Topliss-reactive ketones (excluding diaryl/α,β-unsaturated/α-hetero) is 2. The third-order valence-electron chi connectivity index (χ3n) is 11.9. The normalized spacial score (nSPS) is 12.2. The summed E-state index contributed by atoms with van der Waals surface area (Å²) in [6.07, 6.45) is -2.07. The van der Waals surface area contributed by atoms with Crippen molar-refractivity contribution in [2.24, 2.45) is 11.5 Å². The van der Waals surface area contributed by atoms with Crippen molar-refractivity contribution >= 4 is 45.4 Å². The van der Waals surface area contributed by atoms with E-state index < -0.39 is 24.1 Å². The van der Waals surface area contributed by atoms with Gasteiger partial charge in [-0.2, -0.15) is 0 Å². The van der Waals surface area contributed by atoms with Gasteiger partial charge in [-0.15, -0.1) is 0 Å². The molecule has 0 aliphatic heterocycles. The van der Waals surface area contributed by atoms with E-state index in [9.17, 15) is 24.3 Å². The van der Waals surface area contributed by atoms with E-state index in [-0.39, 0.29) is 55.6 Å². The molecular weight excluding hydrogens is 877 g/mol. The molecule has 352 valence electrons. The Hall–Kier alpha value is -7.84. The van der Waals surface area contributed by atoms with Crippen molar-refractivity contribution in [3.8, 4) is 33.8 Å². The molecular formula is C56H52N2O11. The fourth-order valence-electron chi connectivity index (χ4n) is 8.34. The molecule has 0 bridgehead atoms. The van der Waals surface area contributed by atoms with E-state index in [0.29, 0.717) is 52.3 Å². The molecule has 13 nitrogen and oxygen atoms in total. The van der Waals surface area contributed by atoms with Gasteiger partial charge >= 0.3 is 11.9 Å². The molecule has 2 atom stereocenters. The van der Waals surface area contributed by atoms with Crippen molar-refractivity contribution in [3.63, 3.8) is 0 Å². The second-order valence-corrected chi connectivity index (χ2v) is 16.8. The summed E-state index contributed by atoms with van der Waals surface area (Å²) in [5, 5.41) is 10.8. The summed E-state index contributed by atoms with van der Waals surface area (Å²) >= 11 is 0. The first-order valence-electron chi connectivity index (χ1n) is 22.5. The van der Waals surface area contributed by atoms with Crippen LogP contribution in [0.3, 0.4) is 0 Å². The number of para-hydroxylation sites is 2. The van der Waals surface area contributed by atoms with Crippen molar-refractivity contribution in [1.29, 1.82) is 0 Å². The number of furan rings is 2. The number of methoxy groups -OCH3 is 1. The lowest BCUT2D eigenvalue weighted by Gasteiger charge is -2.22. The third kappa shape index (κ3) is 11.3. The summed E-state index contributed by atoms with van der Waals surface area (Å²) in [7, 11) is 1.45. The van der Waals surface area contributed by atoms with E-state index >= 15 is 0 Å². The minimum atomic E-state index is -0.967. The van der Waals surface area contributed by atoms with E-state index in [1.807, 2.05) is 84.9 Å². The van der Waals surface area contributed by atoms with E-state index in [4.69, 9.17) is 39.2 Å². The summed E-state index contributed by atoms with van der Waals surface area (Å²) in [5.41, 5.74) is 20.8. The number of ether oxygens (including phenoxy) is 4. The molecule has 13 heteroatoms. The molecule has 0 saturated heterocycles. The Morgan fingerprint density at radius 2 is 1.12 bits per heavy atom. The zero-order valence-corrected chi connectivity index (χ0v) is 38.5. The average Bonchev–Trinajstić information content (AvgIpc) is 4.00. The quantitative estimate of drug-likeness (QED) is 0.0454. The predicted molar refractivity (Wildman–Crippen MR) is 261 cm³/mol. The van der Waals surface area contributed by atoms with Gasteiger partial charge in [0.05, 0.1) is 12.8 Å². The number of esters is 1. The van der Waals surface area contributed by atoms with Crippen LogP contribution in [-0.4, -0.2) is 47.9 Å². The zero-order chi connectivity index (χ0) is 48.6. The SMILES string of the molecule is COC(CC(=O)c1cc2cc(COc3ccccc3CC(=O)O)cc(-c3cccc(CN)c3)c2o1)C(C)OC(=O)Cc1ccccc1OCc1cc(-c2cccc(CN)c2)c2oc(C(C)=O)cc2c1. The maximum atomic E-state index is 14.0. The molecule has 0 saturated carbocycles. The lowest BCUT2D eigenvalue weighted by Crippen LogP contribution is -2.32. The zero-order valence-electron chi connectivity index (χ0n) is 38.5. The van der Waals surface area contributed by atoms with Crippen LogP contribution < -0.4 is 20.9 Å². The Kier molecular flexibility index (Phi) is 14.8. The highest BCUT2D eigenvalue weighted by Crippen LogP contribution is 2.36. The van der Waals surface area contributed by atoms with Crippen LogP contribution in [-0.2, 0) is 58.2 Å². The maximum absolute atomic E-state index is 14.0. The van der Waals surface area contributed by atoms with Gasteiger partial charge in [0, 0.05) is 66.6 Å². The molecule has 5 N–H and O–H groups in total. The summed E-state index contributed by atoms with van der Waals surface area (Å²) in [5.74, 6) is -0.758. The van der Waals surface area contributed by atoms with Crippen LogP contribution in [0, 0.1) is 0 Å². The maximum Gasteiger partial charge on any atom is 0.310 e. The van der Waals surface area contributed by atoms with Gasteiger partial charge in [-0.3, -0.25) is 19.2 Å². The topological polar surface area (TPSA) is 204 Å². The molecule has 6 aromatic carbocycles. The van der Waals surface area contributed by atoms with Crippen molar-refractivity contribution in [1.82, 2.24) is 0 Å². The predicted octanol–water partition coefficient (Wildman–Crippen LogP) is 10.2. The van der Waals surface area contributed by atoms with Crippen LogP contribution in [0.5, 0.6) is 11.5 Å². The number of fused-ring (bicyclic) bond motifs is 2. The van der Waals surface area contributed by atoms with Crippen LogP contribution in [0.25, 0.3) is 44.2 Å². The first-order chi connectivity index (χ1) is 33.4.